The average molecular weight is 476 g/mol. The third kappa shape index (κ3) is 4.38. The van der Waals surface area contributed by atoms with Crippen molar-refractivity contribution in [1.29, 1.82) is 0 Å². The highest BCUT2D eigenvalue weighted by Crippen LogP contribution is 2.64. The van der Waals surface area contributed by atoms with Gasteiger partial charge in [-0.2, -0.15) is 0 Å². The van der Waals surface area contributed by atoms with Crippen LogP contribution in [0.1, 0.15) is 70.2 Å². The lowest BCUT2D eigenvalue weighted by molar-refractivity contribution is -0.128. The molecule has 3 aliphatic rings. The van der Waals surface area contributed by atoms with Crippen LogP contribution in [0.4, 0.5) is 11.4 Å². The number of hydrogen-bond acceptors (Lipinski definition) is 5. The Labute approximate surface area is 197 Å². The summed E-state index contributed by atoms with van der Waals surface area (Å²) in [4.78, 5) is 28.0. The van der Waals surface area contributed by atoms with Gasteiger partial charge in [-0.25, -0.2) is 8.42 Å². The Morgan fingerprint density at radius 1 is 1.21 bits per heavy atom. The summed E-state index contributed by atoms with van der Waals surface area (Å²) in [6.07, 6.45) is 4.16. The molecule has 0 spiro atoms. The SMILES string of the molecule is CC(C)CNC(=O)c1cc(NS(=O)(=O)CC23CCC(CC2=O)C3(C)C)ccc1N1CCCC1. The summed E-state index contributed by atoms with van der Waals surface area (Å²) in [5.74, 6) is 0.248. The van der Waals surface area contributed by atoms with Crippen molar-refractivity contribution in [2.24, 2.45) is 22.7 Å². The maximum atomic E-state index is 13.2. The summed E-state index contributed by atoms with van der Waals surface area (Å²) >= 11 is 0. The summed E-state index contributed by atoms with van der Waals surface area (Å²) in [7, 11) is -3.78. The van der Waals surface area contributed by atoms with Crippen LogP contribution in [-0.2, 0) is 14.8 Å². The average Bonchev–Trinajstić information content (AvgIpc) is 3.38. The molecule has 1 heterocycles. The maximum absolute atomic E-state index is 13.2. The minimum atomic E-state index is -3.78. The van der Waals surface area contributed by atoms with Crippen molar-refractivity contribution >= 4 is 33.1 Å². The Morgan fingerprint density at radius 2 is 1.91 bits per heavy atom. The first-order chi connectivity index (χ1) is 15.4. The first kappa shape index (κ1) is 24.0. The first-order valence-electron chi connectivity index (χ1n) is 12.2. The van der Waals surface area contributed by atoms with E-state index in [1.807, 2.05) is 33.8 Å². The molecule has 2 aliphatic carbocycles. The Hall–Kier alpha value is -2.09. The molecule has 2 N–H and O–H groups in total. The number of carbonyl (C=O) groups is 2. The van der Waals surface area contributed by atoms with Crippen LogP contribution in [0.15, 0.2) is 18.2 Å². The maximum Gasteiger partial charge on any atom is 0.253 e. The number of anilines is 2. The number of nitrogens with zero attached hydrogens (tertiary/aromatic N) is 1. The van der Waals surface area contributed by atoms with Crippen LogP contribution < -0.4 is 14.9 Å². The summed E-state index contributed by atoms with van der Waals surface area (Å²) < 4.78 is 29.2. The standard InChI is InChI=1S/C25H37N3O4S/c1-17(2)15-26-23(30)20-14-19(7-8-21(20)28-11-5-6-12-28)27-33(31,32)16-25-10-9-18(13-22(25)29)24(25,3)4/h7-8,14,17-18,27H,5-6,9-13,15-16H2,1-4H3,(H,26,30). The van der Waals surface area contributed by atoms with Crippen LogP contribution in [0.25, 0.3) is 0 Å². The molecule has 0 radical (unpaired) electrons. The number of nitrogens with one attached hydrogen (secondary N) is 2. The van der Waals surface area contributed by atoms with E-state index in [9.17, 15) is 18.0 Å². The highest BCUT2D eigenvalue weighted by atomic mass is 32.2. The molecule has 3 fully saturated rings. The number of carbonyl (C=O) groups excluding carboxylic acids is 2. The number of rotatable bonds is 8. The highest BCUT2D eigenvalue weighted by Gasteiger charge is 2.65. The largest absolute Gasteiger partial charge is 0.371 e. The zero-order valence-corrected chi connectivity index (χ0v) is 21.1. The zero-order valence-electron chi connectivity index (χ0n) is 20.2. The fraction of sp³-hybridized carbons (Fsp3) is 0.680. The number of amides is 1. The molecule has 2 atom stereocenters. The van der Waals surface area contributed by atoms with Gasteiger partial charge >= 0.3 is 0 Å². The molecule has 182 valence electrons. The van der Waals surface area contributed by atoms with Crippen molar-refractivity contribution in [3.63, 3.8) is 0 Å². The smallest absolute Gasteiger partial charge is 0.253 e. The van der Waals surface area contributed by atoms with Gasteiger partial charge in [-0.15, -0.1) is 0 Å². The van der Waals surface area contributed by atoms with E-state index in [0.717, 1.165) is 38.0 Å². The van der Waals surface area contributed by atoms with Gasteiger partial charge in [0.15, 0.2) is 0 Å². The van der Waals surface area contributed by atoms with Crippen LogP contribution in [-0.4, -0.2) is 45.5 Å². The van der Waals surface area contributed by atoms with Gasteiger partial charge in [0.05, 0.1) is 16.7 Å². The number of benzene rings is 1. The van der Waals surface area contributed by atoms with Gasteiger partial charge in [0, 0.05) is 37.4 Å². The fourth-order valence-electron chi connectivity index (χ4n) is 6.06. The van der Waals surface area contributed by atoms with E-state index in [1.165, 1.54) is 0 Å². The minimum Gasteiger partial charge on any atom is -0.371 e. The summed E-state index contributed by atoms with van der Waals surface area (Å²) in [5, 5.41) is 2.96. The molecule has 2 unspecified atom stereocenters. The van der Waals surface area contributed by atoms with Crippen LogP contribution in [0, 0.1) is 22.7 Å². The van der Waals surface area contributed by atoms with Crippen molar-refractivity contribution in [2.75, 3.05) is 35.0 Å². The normalized spacial score (nSPS) is 26.3. The zero-order chi connectivity index (χ0) is 24.0. The summed E-state index contributed by atoms with van der Waals surface area (Å²) in [6, 6.07) is 5.20. The monoisotopic (exact) mass is 475 g/mol. The number of ketones is 1. The quantitative estimate of drug-likeness (QED) is 0.596. The molecule has 1 aromatic carbocycles. The molecule has 1 aromatic rings. The Balaban J connectivity index is 1.59. The van der Waals surface area contributed by atoms with Gasteiger partial charge in [-0.3, -0.25) is 14.3 Å². The van der Waals surface area contributed by atoms with E-state index in [1.54, 1.807) is 12.1 Å². The van der Waals surface area contributed by atoms with Gasteiger partial charge in [-0.1, -0.05) is 27.7 Å². The van der Waals surface area contributed by atoms with Crippen LogP contribution in [0.5, 0.6) is 0 Å². The van der Waals surface area contributed by atoms with Gasteiger partial charge in [-0.05, 0) is 61.1 Å². The van der Waals surface area contributed by atoms with Gasteiger partial charge in [0.2, 0.25) is 10.0 Å². The predicted octanol–water partition coefficient (Wildman–Crippen LogP) is 3.81. The van der Waals surface area contributed by atoms with Gasteiger partial charge in [0.25, 0.3) is 5.91 Å². The van der Waals surface area contributed by atoms with Crippen molar-refractivity contribution in [2.45, 2.75) is 59.8 Å². The van der Waals surface area contributed by atoms with E-state index in [2.05, 4.69) is 14.9 Å². The molecule has 7 nitrogen and oxygen atoms in total. The van der Waals surface area contributed by atoms with Gasteiger partial charge in [0.1, 0.15) is 5.78 Å². The van der Waals surface area contributed by atoms with Crippen molar-refractivity contribution in [3.05, 3.63) is 23.8 Å². The lowest BCUT2D eigenvalue weighted by atomic mass is 9.70. The molecule has 1 aliphatic heterocycles. The van der Waals surface area contributed by atoms with Gasteiger partial charge < -0.3 is 10.2 Å². The molecule has 0 aromatic heterocycles. The van der Waals surface area contributed by atoms with E-state index >= 15 is 0 Å². The molecule has 1 amide bonds. The van der Waals surface area contributed by atoms with E-state index in [-0.39, 0.29) is 28.8 Å². The topological polar surface area (TPSA) is 95.6 Å². The summed E-state index contributed by atoms with van der Waals surface area (Å²) in [6.45, 7) is 10.5. The molecule has 2 saturated carbocycles. The van der Waals surface area contributed by atoms with Crippen LogP contribution in [0.3, 0.4) is 0 Å². The third-order valence-corrected chi connectivity index (χ3v) is 9.63. The lowest BCUT2D eigenvalue weighted by Gasteiger charge is -2.36. The second-order valence-corrected chi connectivity index (χ2v) is 12.8. The Morgan fingerprint density at radius 3 is 2.48 bits per heavy atom. The predicted molar refractivity (Wildman–Crippen MR) is 131 cm³/mol. The van der Waals surface area contributed by atoms with E-state index in [0.29, 0.717) is 36.6 Å². The molecule has 4 rings (SSSR count). The number of Topliss-reactive ketones (excluding diaryl/α,β-unsaturated/α-hetero) is 1. The van der Waals surface area contributed by atoms with E-state index in [4.69, 9.17) is 0 Å². The second kappa shape index (κ2) is 8.60. The Kier molecular flexibility index (Phi) is 6.27. The molecule has 2 bridgehead atoms. The molecule has 33 heavy (non-hydrogen) atoms. The number of sulfonamides is 1. The van der Waals surface area contributed by atoms with Crippen LogP contribution in [0.2, 0.25) is 0 Å². The van der Waals surface area contributed by atoms with Crippen molar-refractivity contribution in [1.82, 2.24) is 5.32 Å². The molecule has 8 heteroatoms. The highest BCUT2D eigenvalue weighted by molar-refractivity contribution is 7.92. The first-order valence-corrected chi connectivity index (χ1v) is 13.8. The number of hydrogen-bond donors (Lipinski definition) is 2. The second-order valence-electron chi connectivity index (χ2n) is 11.1. The molecule has 1 saturated heterocycles. The minimum absolute atomic E-state index is 0.0762. The molecular weight excluding hydrogens is 438 g/mol. The van der Waals surface area contributed by atoms with Crippen molar-refractivity contribution in [3.8, 4) is 0 Å². The third-order valence-electron chi connectivity index (χ3n) is 8.21. The van der Waals surface area contributed by atoms with E-state index < -0.39 is 15.4 Å². The van der Waals surface area contributed by atoms with Crippen molar-refractivity contribution < 1.29 is 18.0 Å². The fourth-order valence-corrected chi connectivity index (χ4v) is 7.94. The lowest BCUT2D eigenvalue weighted by Crippen LogP contribution is -2.43. The number of fused-ring (bicyclic) bond motifs is 2. The molecular formula is C25H37N3O4S. The summed E-state index contributed by atoms with van der Waals surface area (Å²) in [5.41, 5.74) is 0.536. The van der Waals surface area contributed by atoms with Crippen LogP contribution >= 0.6 is 0 Å². The Bertz CT molecular complexity index is 1040.